The third-order valence-corrected chi connectivity index (χ3v) is 7.72. The first-order valence-corrected chi connectivity index (χ1v) is 12.4. The Morgan fingerprint density at radius 1 is 0.969 bits per heavy atom. The van der Waals surface area contributed by atoms with E-state index in [1.807, 2.05) is 23.1 Å². The molecular formula is C27H35N3O2. The number of amides is 1. The van der Waals surface area contributed by atoms with Gasteiger partial charge in [0.1, 0.15) is 5.75 Å². The number of ether oxygens (including phenoxy) is 1. The van der Waals surface area contributed by atoms with Crippen LogP contribution in [0.25, 0.3) is 0 Å². The molecule has 3 aliphatic rings. The standard InChI is InChI=1S/C27H35N3O2/c1-32-23-9-7-20(8-10-23)13-16-30-19-26-24(27(30)31)11-12-25(28-26)21-14-17-29(18-15-21)22-5-3-2-4-6-22/h7-12,21-22H,2-6,13-19H2,1H3. The Hall–Kier alpha value is -2.40. The largest absolute Gasteiger partial charge is 0.497 e. The molecule has 170 valence electrons. The summed E-state index contributed by atoms with van der Waals surface area (Å²) in [5.74, 6) is 1.52. The average Bonchev–Trinajstić information content (AvgIpc) is 3.18. The molecule has 5 rings (SSSR count). The van der Waals surface area contributed by atoms with E-state index in [9.17, 15) is 4.79 Å². The highest BCUT2D eigenvalue weighted by atomic mass is 16.5. The highest BCUT2D eigenvalue weighted by Crippen LogP contribution is 2.33. The van der Waals surface area contributed by atoms with Gasteiger partial charge in [-0.15, -0.1) is 0 Å². The van der Waals surface area contributed by atoms with Gasteiger partial charge in [0, 0.05) is 24.2 Å². The molecule has 0 atom stereocenters. The van der Waals surface area contributed by atoms with Crippen molar-refractivity contribution in [3.05, 3.63) is 58.9 Å². The van der Waals surface area contributed by atoms with Gasteiger partial charge in [-0.05, 0) is 75.0 Å². The summed E-state index contributed by atoms with van der Waals surface area (Å²) in [6, 6.07) is 13.1. The lowest BCUT2D eigenvalue weighted by molar-refractivity contribution is 0.0780. The zero-order valence-corrected chi connectivity index (χ0v) is 19.3. The zero-order chi connectivity index (χ0) is 21.9. The Balaban J connectivity index is 1.17. The van der Waals surface area contributed by atoms with Gasteiger partial charge in [-0.25, -0.2) is 0 Å². The fourth-order valence-corrected chi connectivity index (χ4v) is 5.73. The first-order valence-electron chi connectivity index (χ1n) is 12.4. The Morgan fingerprint density at radius 2 is 1.72 bits per heavy atom. The van der Waals surface area contributed by atoms with Crippen LogP contribution in [0.5, 0.6) is 5.75 Å². The van der Waals surface area contributed by atoms with Gasteiger partial charge in [-0.1, -0.05) is 31.4 Å². The number of rotatable bonds is 6. The molecule has 1 aromatic carbocycles. The van der Waals surface area contributed by atoms with Crippen LogP contribution >= 0.6 is 0 Å². The van der Waals surface area contributed by atoms with Crippen LogP contribution in [0.15, 0.2) is 36.4 Å². The molecule has 1 saturated carbocycles. The molecule has 32 heavy (non-hydrogen) atoms. The number of fused-ring (bicyclic) bond motifs is 1. The highest BCUT2D eigenvalue weighted by molar-refractivity contribution is 5.97. The summed E-state index contributed by atoms with van der Waals surface area (Å²) in [5, 5.41) is 0. The number of methoxy groups -OCH3 is 1. The summed E-state index contributed by atoms with van der Waals surface area (Å²) in [7, 11) is 1.68. The van der Waals surface area contributed by atoms with Crippen molar-refractivity contribution in [3.8, 4) is 5.75 Å². The first-order chi connectivity index (χ1) is 15.7. The summed E-state index contributed by atoms with van der Waals surface area (Å²) < 4.78 is 5.23. The number of carbonyl (C=O) groups is 1. The van der Waals surface area contributed by atoms with Crippen LogP contribution in [0.2, 0.25) is 0 Å². The van der Waals surface area contributed by atoms with Crippen molar-refractivity contribution in [3.63, 3.8) is 0 Å². The molecule has 0 bridgehead atoms. The summed E-state index contributed by atoms with van der Waals surface area (Å²) in [6.07, 6.45) is 10.2. The van der Waals surface area contributed by atoms with E-state index >= 15 is 0 Å². The zero-order valence-electron chi connectivity index (χ0n) is 19.3. The Morgan fingerprint density at radius 3 is 2.44 bits per heavy atom. The monoisotopic (exact) mass is 433 g/mol. The molecular weight excluding hydrogens is 398 g/mol. The van der Waals surface area contributed by atoms with Crippen molar-refractivity contribution >= 4 is 5.91 Å². The number of hydrogen-bond acceptors (Lipinski definition) is 4. The molecule has 0 radical (unpaired) electrons. The third-order valence-electron chi connectivity index (χ3n) is 7.72. The molecule has 5 heteroatoms. The maximum atomic E-state index is 12.9. The number of carbonyl (C=O) groups excluding carboxylic acids is 1. The van der Waals surface area contributed by atoms with E-state index in [4.69, 9.17) is 9.72 Å². The minimum absolute atomic E-state index is 0.125. The molecule has 2 aliphatic heterocycles. The van der Waals surface area contributed by atoms with Crippen LogP contribution in [0.4, 0.5) is 0 Å². The van der Waals surface area contributed by atoms with E-state index < -0.39 is 0 Å². The van der Waals surface area contributed by atoms with Gasteiger partial charge in [0.05, 0.1) is 24.9 Å². The van der Waals surface area contributed by atoms with Gasteiger partial charge >= 0.3 is 0 Å². The number of piperidine rings is 1. The first kappa shape index (κ1) is 21.4. The van der Waals surface area contributed by atoms with Crippen molar-refractivity contribution in [2.24, 2.45) is 0 Å². The van der Waals surface area contributed by atoms with Crippen molar-refractivity contribution in [2.75, 3.05) is 26.7 Å². The summed E-state index contributed by atoms with van der Waals surface area (Å²) in [5.41, 5.74) is 4.17. The minimum atomic E-state index is 0.125. The van der Waals surface area contributed by atoms with Gasteiger partial charge in [0.2, 0.25) is 0 Å². The Labute approximate surface area is 191 Å². The van der Waals surface area contributed by atoms with Crippen molar-refractivity contribution in [1.29, 1.82) is 0 Å². The number of likely N-dealkylation sites (tertiary alicyclic amines) is 1. The van der Waals surface area contributed by atoms with Gasteiger partial charge in [0.15, 0.2) is 0 Å². The van der Waals surface area contributed by atoms with Crippen molar-refractivity contribution < 1.29 is 9.53 Å². The molecule has 1 saturated heterocycles. The van der Waals surface area contributed by atoms with Crippen molar-refractivity contribution in [1.82, 2.24) is 14.8 Å². The van der Waals surface area contributed by atoms with Gasteiger partial charge in [-0.3, -0.25) is 9.78 Å². The van der Waals surface area contributed by atoms with Crippen LogP contribution in [-0.2, 0) is 13.0 Å². The number of hydrogen-bond donors (Lipinski definition) is 0. The smallest absolute Gasteiger partial charge is 0.256 e. The van der Waals surface area contributed by atoms with Crippen LogP contribution < -0.4 is 4.74 Å². The fourth-order valence-electron chi connectivity index (χ4n) is 5.73. The minimum Gasteiger partial charge on any atom is -0.497 e. The maximum absolute atomic E-state index is 12.9. The van der Waals surface area contributed by atoms with E-state index in [0.717, 1.165) is 36.0 Å². The average molecular weight is 434 g/mol. The molecule has 1 aliphatic carbocycles. The molecule has 2 fully saturated rings. The van der Waals surface area contributed by atoms with Crippen LogP contribution in [0.3, 0.4) is 0 Å². The highest BCUT2D eigenvalue weighted by Gasteiger charge is 2.31. The van der Waals surface area contributed by atoms with Crippen LogP contribution in [0.1, 0.15) is 78.2 Å². The van der Waals surface area contributed by atoms with E-state index in [2.05, 4.69) is 23.1 Å². The lowest BCUT2D eigenvalue weighted by atomic mass is 9.88. The summed E-state index contributed by atoms with van der Waals surface area (Å²) >= 11 is 0. The lowest BCUT2D eigenvalue weighted by Gasteiger charge is -2.39. The lowest BCUT2D eigenvalue weighted by Crippen LogP contribution is -2.42. The van der Waals surface area contributed by atoms with Gasteiger partial charge < -0.3 is 14.5 Å². The summed E-state index contributed by atoms with van der Waals surface area (Å²) in [6.45, 7) is 3.75. The molecule has 1 aromatic heterocycles. The number of nitrogens with zero attached hydrogens (tertiary/aromatic N) is 3. The predicted molar refractivity (Wildman–Crippen MR) is 126 cm³/mol. The van der Waals surface area contributed by atoms with E-state index in [1.165, 1.54) is 69.3 Å². The Kier molecular flexibility index (Phi) is 6.44. The Bertz CT molecular complexity index is 928. The summed E-state index contributed by atoms with van der Waals surface area (Å²) in [4.78, 5) is 22.6. The van der Waals surface area contributed by atoms with E-state index in [-0.39, 0.29) is 5.91 Å². The molecule has 3 heterocycles. The van der Waals surface area contributed by atoms with Gasteiger partial charge in [-0.2, -0.15) is 0 Å². The quantitative estimate of drug-likeness (QED) is 0.656. The number of aromatic nitrogens is 1. The van der Waals surface area contributed by atoms with E-state index in [0.29, 0.717) is 12.5 Å². The normalized spacial score (nSPS) is 20.5. The molecule has 2 aromatic rings. The molecule has 0 spiro atoms. The topological polar surface area (TPSA) is 45.7 Å². The van der Waals surface area contributed by atoms with Gasteiger partial charge in [0.25, 0.3) is 5.91 Å². The van der Waals surface area contributed by atoms with E-state index in [1.54, 1.807) is 7.11 Å². The maximum Gasteiger partial charge on any atom is 0.256 e. The van der Waals surface area contributed by atoms with Crippen LogP contribution in [0, 0.1) is 0 Å². The number of benzene rings is 1. The second-order valence-corrected chi connectivity index (χ2v) is 9.66. The second-order valence-electron chi connectivity index (χ2n) is 9.66. The second kappa shape index (κ2) is 9.62. The molecule has 5 nitrogen and oxygen atoms in total. The predicted octanol–water partition coefficient (Wildman–Crippen LogP) is 4.80. The SMILES string of the molecule is COc1ccc(CCN2Cc3nc(C4CCN(C5CCCCC5)CC4)ccc3C2=O)cc1. The van der Waals surface area contributed by atoms with Crippen molar-refractivity contribution in [2.45, 2.75) is 69.9 Å². The van der Waals surface area contributed by atoms with Crippen LogP contribution in [-0.4, -0.2) is 53.5 Å². The molecule has 0 N–H and O–H groups in total. The number of pyridine rings is 1. The molecule has 1 amide bonds. The fraction of sp³-hybridized carbons (Fsp3) is 0.556. The third kappa shape index (κ3) is 4.54. The molecule has 0 unspecified atom stereocenters.